The molecule has 0 saturated carbocycles. The highest BCUT2D eigenvalue weighted by Crippen LogP contribution is 2.20. The van der Waals surface area contributed by atoms with Crippen molar-refractivity contribution in [3.8, 4) is 0 Å². The van der Waals surface area contributed by atoms with Crippen LogP contribution in [0.3, 0.4) is 0 Å². The lowest BCUT2D eigenvalue weighted by Crippen LogP contribution is -2.44. The number of imidazole rings is 1. The minimum absolute atomic E-state index is 0.670. The fourth-order valence-electron chi connectivity index (χ4n) is 2.80. The number of likely N-dealkylation sites (tertiary alicyclic amines) is 1. The molecular formula is C13H20N4S. The van der Waals surface area contributed by atoms with Crippen LogP contribution in [-0.2, 0) is 6.54 Å². The summed E-state index contributed by atoms with van der Waals surface area (Å²) in [6.07, 6.45) is 8.24. The van der Waals surface area contributed by atoms with Gasteiger partial charge in [0.05, 0.1) is 5.69 Å². The fourth-order valence-corrected chi connectivity index (χ4v) is 3.51. The largest absolute Gasteiger partial charge is 0.318 e. The second-order valence-corrected chi connectivity index (χ2v) is 5.88. The normalized spacial score (nSPS) is 21.7. The third kappa shape index (κ3) is 2.43. The number of nitrogens with one attached hydrogen (secondary N) is 1. The van der Waals surface area contributed by atoms with Gasteiger partial charge in [-0.3, -0.25) is 9.30 Å². The number of rotatable bonds is 4. The molecule has 98 valence electrons. The summed E-state index contributed by atoms with van der Waals surface area (Å²) >= 11 is 1.70. The van der Waals surface area contributed by atoms with Crippen molar-refractivity contribution in [2.75, 3.05) is 20.1 Å². The predicted octanol–water partition coefficient (Wildman–Crippen LogP) is 1.97. The van der Waals surface area contributed by atoms with Crippen molar-refractivity contribution < 1.29 is 0 Å². The van der Waals surface area contributed by atoms with Crippen molar-refractivity contribution >= 4 is 16.3 Å². The molecule has 0 bridgehead atoms. The Hall–Kier alpha value is -0.910. The number of thiazole rings is 1. The number of hydrogen-bond acceptors (Lipinski definition) is 4. The number of hydrogen-bond donors (Lipinski definition) is 1. The van der Waals surface area contributed by atoms with Gasteiger partial charge in [-0.2, -0.15) is 0 Å². The summed E-state index contributed by atoms with van der Waals surface area (Å²) in [7, 11) is 2.04. The minimum Gasteiger partial charge on any atom is -0.318 e. The summed E-state index contributed by atoms with van der Waals surface area (Å²) in [6, 6.07) is 0.670. The Morgan fingerprint density at radius 1 is 1.50 bits per heavy atom. The molecule has 1 N–H and O–H groups in total. The molecule has 3 heterocycles. The molecule has 3 rings (SSSR count). The molecule has 1 atom stereocenters. The number of likely N-dealkylation sites (N-methyl/N-ethyl adjacent to an activating group) is 1. The average Bonchev–Trinajstić information content (AvgIpc) is 2.92. The SMILES string of the molecule is CNCC1CCCCN1Cc1cn2ccsc2n1. The smallest absolute Gasteiger partial charge is 0.193 e. The van der Waals surface area contributed by atoms with E-state index in [2.05, 4.69) is 37.4 Å². The highest BCUT2D eigenvalue weighted by molar-refractivity contribution is 7.15. The molecule has 0 amide bonds. The summed E-state index contributed by atoms with van der Waals surface area (Å²) in [5, 5.41) is 5.39. The van der Waals surface area contributed by atoms with Gasteiger partial charge in [0.25, 0.3) is 0 Å². The van der Waals surface area contributed by atoms with E-state index in [9.17, 15) is 0 Å². The van der Waals surface area contributed by atoms with Gasteiger partial charge in [-0.1, -0.05) is 6.42 Å². The predicted molar refractivity (Wildman–Crippen MR) is 75.0 cm³/mol. The molecule has 5 heteroatoms. The van der Waals surface area contributed by atoms with E-state index in [4.69, 9.17) is 0 Å². The molecule has 1 aliphatic heterocycles. The standard InChI is InChI=1S/C13H20N4S/c1-14-8-12-4-2-3-5-16(12)9-11-10-17-6-7-18-13(17)15-11/h6-7,10,12,14H,2-5,8-9H2,1H3. The topological polar surface area (TPSA) is 32.6 Å². The van der Waals surface area contributed by atoms with Gasteiger partial charge in [0.15, 0.2) is 4.96 Å². The number of fused-ring (bicyclic) bond motifs is 1. The van der Waals surface area contributed by atoms with Crippen LogP contribution in [0, 0.1) is 0 Å². The van der Waals surface area contributed by atoms with Gasteiger partial charge >= 0.3 is 0 Å². The first-order chi connectivity index (χ1) is 8.86. The van der Waals surface area contributed by atoms with Gasteiger partial charge in [0.1, 0.15) is 0 Å². The van der Waals surface area contributed by atoms with Gasteiger partial charge in [-0.25, -0.2) is 4.98 Å². The highest BCUT2D eigenvalue weighted by Gasteiger charge is 2.22. The zero-order chi connectivity index (χ0) is 12.4. The molecule has 1 saturated heterocycles. The van der Waals surface area contributed by atoms with Crippen LogP contribution in [0.1, 0.15) is 25.0 Å². The fraction of sp³-hybridized carbons (Fsp3) is 0.615. The Morgan fingerprint density at radius 3 is 3.28 bits per heavy atom. The van der Waals surface area contributed by atoms with E-state index >= 15 is 0 Å². The Kier molecular flexibility index (Phi) is 3.63. The first-order valence-corrected chi connectivity index (χ1v) is 7.54. The van der Waals surface area contributed by atoms with Crippen LogP contribution in [0.15, 0.2) is 17.8 Å². The first kappa shape index (κ1) is 12.1. The molecule has 1 fully saturated rings. The number of nitrogens with zero attached hydrogens (tertiary/aromatic N) is 3. The number of aromatic nitrogens is 2. The average molecular weight is 264 g/mol. The summed E-state index contributed by atoms with van der Waals surface area (Å²) in [4.78, 5) is 8.36. The molecule has 0 radical (unpaired) electrons. The molecule has 2 aromatic heterocycles. The van der Waals surface area contributed by atoms with Crippen molar-refractivity contribution in [1.29, 1.82) is 0 Å². The van der Waals surface area contributed by atoms with Crippen molar-refractivity contribution in [2.24, 2.45) is 0 Å². The lowest BCUT2D eigenvalue weighted by Gasteiger charge is -2.35. The Bertz CT molecular complexity index is 473. The Morgan fingerprint density at radius 2 is 2.44 bits per heavy atom. The van der Waals surface area contributed by atoms with Crippen LogP contribution in [-0.4, -0.2) is 40.5 Å². The van der Waals surface area contributed by atoms with Crippen LogP contribution in [0.25, 0.3) is 4.96 Å². The minimum atomic E-state index is 0.670. The van der Waals surface area contributed by atoms with E-state index in [-0.39, 0.29) is 0 Å². The molecule has 1 unspecified atom stereocenters. The second-order valence-electron chi connectivity index (χ2n) is 5.00. The van der Waals surface area contributed by atoms with E-state index in [1.54, 1.807) is 11.3 Å². The van der Waals surface area contributed by atoms with Crippen LogP contribution in [0.4, 0.5) is 0 Å². The zero-order valence-electron chi connectivity index (χ0n) is 10.8. The van der Waals surface area contributed by atoms with Crippen molar-refractivity contribution in [1.82, 2.24) is 19.6 Å². The van der Waals surface area contributed by atoms with E-state index in [1.165, 1.54) is 31.5 Å². The lowest BCUT2D eigenvalue weighted by molar-refractivity contribution is 0.138. The van der Waals surface area contributed by atoms with Crippen molar-refractivity contribution in [2.45, 2.75) is 31.8 Å². The summed E-state index contributed by atoms with van der Waals surface area (Å²) in [6.45, 7) is 3.28. The quantitative estimate of drug-likeness (QED) is 0.916. The Labute approximate surface area is 112 Å². The van der Waals surface area contributed by atoms with Gasteiger partial charge in [0.2, 0.25) is 0 Å². The molecule has 0 aromatic carbocycles. The molecule has 1 aliphatic rings. The lowest BCUT2D eigenvalue weighted by atomic mass is 10.0. The van der Waals surface area contributed by atoms with Gasteiger partial charge < -0.3 is 5.32 Å². The third-order valence-electron chi connectivity index (χ3n) is 3.70. The van der Waals surface area contributed by atoms with Gasteiger partial charge in [-0.15, -0.1) is 11.3 Å². The first-order valence-electron chi connectivity index (χ1n) is 6.66. The van der Waals surface area contributed by atoms with Crippen LogP contribution in [0.2, 0.25) is 0 Å². The van der Waals surface area contributed by atoms with E-state index < -0.39 is 0 Å². The van der Waals surface area contributed by atoms with Crippen LogP contribution < -0.4 is 5.32 Å². The van der Waals surface area contributed by atoms with Crippen LogP contribution >= 0.6 is 11.3 Å². The number of piperidine rings is 1. The maximum Gasteiger partial charge on any atom is 0.193 e. The van der Waals surface area contributed by atoms with Crippen LogP contribution in [0.5, 0.6) is 0 Å². The summed E-state index contributed by atoms with van der Waals surface area (Å²) < 4.78 is 2.12. The maximum absolute atomic E-state index is 4.68. The van der Waals surface area contributed by atoms with Gasteiger partial charge in [-0.05, 0) is 26.4 Å². The second kappa shape index (κ2) is 5.38. The molecule has 0 spiro atoms. The van der Waals surface area contributed by atoms with E-state index in [1.807, 2.05) is 7.05 Å². The summed E-state index contributed by atoms with van der Waals surface area (Å²) in [5.41, 5.74) is 1.20. The van der Waals surface area contributed by atoms with E-state index in [0.29, 0.717) is 6.04 Å². The molecule has 2 aromatic rings. The highest BCUT2D eigenvalue weighted by atomic mass is 32.1. The Balaban J connectivity index is 1.71. The summed E-state index contributed by atoms with van der Waals surface area (Å²) in [5.74, 6) is 0. The monoisotopic (exact) mass is 264 g/mol. The molecule has 0 aliphatic carbocycles. The zero-order valence-corrected chi connectivity index (χ0v) is 11.6. The third-order valence-corrected chi connectivity index (χ3v) is 4.47. The maximum atomic E-state index is 4.68. The molecule has 4 nitrogen and oxygen atoms in total. The van der Waals surface area contributed by atoms with Crippen molar-refractivity contribution in [3.05, 3.63) is 23.5 Å². The van der Waals surface area contributed by atoms with Gasteiger partial charge in [0, 0.05) is 36.9 Å². The van der Waals surface area contributed by atoms with E-state index in [0.717, 1.165) is 18.1 Å². The molecule has 18 heavy (non-hydrogen) atoms. The molecular weight excluding hydrogens is 244 g/mol. The van der Waals surface area contributed by atoms with Crippen molar-refractivity contribution in [3.63, 3.8) is 0 Å².